The maximum atomic E-state index is 9.69. The Morgan fingerprint density at radius 1 is 1.67 bits per heavy atom. The van der Waals surface area contributed by atoms with Crippen molar-refractivity contribution in [1.29, 1.82) is 0 Å². The first kappa shape index (κ1) is 13.7. The van der Waals surface area contributed by atoms with Gasteiger partial charge in [0.25, 0.3) is 0 Å². The number of nitrogens with zero attached hydrogens (tertiary/aromatic N) is 3. The fourth-order valence-corrected chi connectivity index (χ4v) is 2.05. The molecule has 0 amide bonds. The number of likely N-dealkylation sites (N-methyl/N-ethyl adjacent to an activating group) is 1. The van der Waals surface area contributed by atoms with E-state index in [0.717, 1.165) is 30.9 Å². The third-order valence-corrected chi connectivity index (χ3v) is 3.42. The van der Waals surface area contributed by atoms with Gasteiger partial charge in [-0.25, -0.2) is 0 Å². The Bertz CT molecular complexity index is 332. The Morgan fingerprint density at radius 3 is 3.17 bits per heavy atom. The van der Waals surface area contributed by atoms with Crippen LogP contribution in [0.5, 0.6) is 5.88 Å². The van der Waals surface area contributed by atoms with E-state index in [9.17, 15) is 5.11 Å². The van der Waals surface area contributed by atoms with Crippen molar-refractivity contribution in [2.45, 2.75) is 25.0 Å². The van der Waals surface area contributed by atoms with Crippen molar-refractivity contribution in [2.24, 2.45) is 0 Å². The van der Waals surface area contributed by atoms with Gasteiger partial charge < -0.3 is 20.1 Å². The monoisotopic (exact) mass is 272 g/mol. The molecule has 2 rings (SSSR count). The molecule has 1 fully saturated rings. The minimum atomic E-state index is -0.516. The van der Waals surface area contributed by atoms with Gasteiger partial charge in [0.05, 0.1) is 11.7 Å². The highest BCUT2D eigenvalue weighted by molar-refractivity contribution is 6.99. The van der Waals surface area contributed by atoms with Crippen molar-refractivity contribution in [2.75, 3.05) is 33.3 Å². The molecule has 2 N–H and O–H groups in total. The van der Waals surface area contributed by atoms with Crippen LogP contribution in [0.25, 0.3) is 0 Å². The van der Waals surface area contributed by atoms with Crippen molar-refractivity contribution in [3.8, 4) is 5.88 Å². The van der Waals surface area contributed by atoms with E-state index >= 15 is 0 Å². The van der Waals surface area contributed by atoms with E-state index < -0.39 is 6.10 Å². The smallest absolute Gasteiger partial charge is 0.245 e. The number of hydrogen-bond acceptors (Lipinski definition) is 7. The fraction of sp³-hybridized carbons (Fsp3) is 0.818. The second kappa shape index (κ2) is 6.98. The van der Waals surface area contributed by atoms with Crippen molar-refractivity contribution in [3.63, 3.8) is 0 Å². The molecule has 0 radical (unpaired) electrons. The SMILES string of the molecule is CN(CCNCC(O)COc1cnsn1)C1CC1. The average molecular weight is 272 g/mol. The molecule has 0 aliphatic heterocycles. The Kier molecular flexibility index (Phi) is 5.30. The zero-order chi connectivity index (χ0) is 12.8. The van der Waals surface area contributed by atoms with Gasteiger partial charge in [0.2, 0.25) is 5.88 Å². The van der Waals surface area contributed by atoms with Crippen LogP contribution in [0.15, 0.2) is 6.20 Å². The first-order valence-corrected chi connectivity index (χ1v) is 6.98. The Balaban J connectivity index is 1.47. The summed E-state index contributed by atoms with van der Waals surface area (Å²) in [7, 11) is 2.15. The molecule has 0 bridgehead atoms. The molecule has 1 aromatic rings. The van der Waals surface area contributed by atoms with E-state index in [0.29, 0.717) is 12.4 Å². The van der Waals surface area contributed by atoms with Gasteiger partial charge in [-0.1, -0.05) is 0 Å². The van der Waals surface area contributed by atoms with Crippen molar-refractivity contribution >= 4 is 11.7 Å². The molecule has 1 heterocycles. The highest BCUT2D eigenvalue weighted by Gasteiger charge is 2.25. The lowest BCUT2D eigenvalue weighted by molar-refractivity contribution is 0.104. The topological polar surface area (TPSA) is 70.5 Å². The minimum absolute atomic E-state index is 0.247. The van der Waals surface area contributed by atoms with Gasteiger partial charge in [0.15, 0.2) is 0 Å². The van der Waals surface area contributed by atoms with E-state index in [1.807, 2.05) is 0 Å². The zero-order valence-corrected chi connectivity index (χ0v) is 11.4. The van der Waals surface area contributed by atoms with Crippen LogP contribution >= 0.6 is 11.7 Å². The fourth-order valence-electron chi connectivity index (χ4n) is 1.68. The van der Waals surface area contributed by atoms with Gasteiger partial charge in [-0.2, -0.15) is 4.37 Å². The molecule has 1 aliphatic carbocycles. The van der Waals surface area contributed by atoms with Crippen LogP contribution in [0, 0.1) is 0 Å². The largest absolute Gasteiger partial charge is 0.473 e. The summed E-state index contributed by atoms with van der Waals surface area (Å²) in [4.78, 5) is 2.36. The number of ether oxygens (including phenoxy) is 1. The molecule has 1 aliphatic rings. The van der Waals surface area contributed by atoms with Gasteiger partial charge in [-0.15, -0.1) is 4.37 Å². The molecule has 0 spiro atoms. The van der Waals surface area contributed by atoms with Gasteiger partial charge in [0.1, 0.15) is 18.9 Å². The summed E-state index contributed by atoms with van der Waals surface area (Å²) >= 11 is 1.10. The van der Waals surface area contributed by atoms with Crippen molar-refractivity contribution in [3.05, 3.63) is 6.20 Å². The summed E-state index contributed by atoms with van der Waals surface area (Å²) in [6.45, 7) is 2.70. The molecule has 102 valence electrons. The van der Waals surface area contributed by atoms with Gasteiger partial charge in [0, 0.05) is 25.7 Å². The highest BCUT2D eigenvalue weighted by Crippen LogP contribution is 2.24. The second-order valence-electron chi connectivity index (χ2n) is 4.63. The van der Waals surface area contributed by atoms with Crippen molar-refractivity contribution < 1.29 is 9.84 Å². The van der Waals surface area contributed by atoms with Crippen LogP contribution in [0.4, 0.5) is 0 Å². The van der Waals surface area contributed by atoms with Gasteiger partial charge in [-0.3, -0.25) is 0 Å². The molecule has 18 heavy (non-hydrogen) atoms. The van der Waals surface area contributed by atoms with Crippen LogP contribution in [0.2, 0.25) is 0 Å². The quantitative estimate of drug-likeness (QED) is 0.615. The Hall–Kier alpha value is -0.760. The lowest BCUT2D eigenvalue weighted by Gasteiger charge is -2.17. The molecule has 0 aromatic carbocycles. The van der Waals surface area contributed by atoms with Crippen LogP contribution in [0.3, 0.4) is 0 Å². The Labute approximate surface area is 111 Å². The molecule has 7 heteroatoms. The summed E-state index contributed by atoms with van der Waals surface area (Å²) in [6, 6.07) is 0.789. The van der Waals surface area contributed by atoms with E-state index in [1.165, 1.54) is 12.8 Å². The number of hydrogen-bond donors (Lipinski definition) is 2. The molecular formula is C11H20N4O2S. The third kappa shape index (κ3) is 4.85. The first-order valence-electron chi connectivity index (χ1n) is 6.25. The van der Waals surface area contributed by atoms with Gasteiger partial charge in [-0.05, 0) is 19.9 Å². The molecule has 1 saturated carbocycles. The first-order chi connectivity index (χ1) is 8.75. The Morgan fingerprint density at radius 2 is 2.50 bits per heavy atom. The van der Waals surface area contributed by atoms with Gasteiger partial charge >= 0.3 is 0 Å². The van der Waals surface area contributed by atoms with E-state index in [2.05, 4.69) is 26.0 Å². The molecule has 1 atom stereocenters. The minimum Gasteiger partial charge on any atom is -0.473 e. The maximum Gasteiger partial charge on any atom is 0.245 e. The van der Waals surface area contributed by atoms with Crippen LogP contribution in [-0.2, 0) is 0 Å². The highest BCUT2D eigenvalue weighted by atomic mass is 32.1. The average Bonchev–Trinajstić information content (AvgIpc) is 3.09. The summed E-state index contributed by atoms with van der Waals surface area (Å²) in [5.41, 5.74) is 0. The molecule has 1 unspecified atom stereocenters. The summed E-state index contributed by atoms with van der Waals surface area (Å²) < 4.78 is 13.0. The number of aliphatic hydroxyl groups is 1. The number of rotatable bonds is 9. The predicted molar refractivity (Wildman–Crippen MR) is 69.9 cm³/mol. The van der Waals surface area contributed by atoms with Crippen LogP contribution in [0.1, 0.15) is 12.8 Å². The standard InChI is InChI=1S/C11H20N4O2S/c1-15(9-2-3-9)5-4-12-6-10(16)8-17-11-7-13-18-14-11/h7,9-10,12,16H,2-6,8H2,1H3. The zero-order valence-electron chi connectivity index (χ0n) is 10.6. The molecular weight excluding hydrogens is 252 g/mol. The van der Waals surface area contributed by atoms with Crippen LogP contribution in [-0.4, -0.2) is 64.2 Å². The number of aromatic nitrogens is 2. The van der Waals surface area contributed by atoms with Crippen molar-refractivity contribution in [1.82, 2.24) is 19.0 Å². The van der Waals surface area contributed by atoms with Crippen LogP contribution < -0.4 is 10.1 Å². The lowest BCUT2D eigenvalue weighted by atomic mass is 10.3. The predicted octanol–water partition coefficient (Wildman–Crippen LogP) is -0.0384. The number of aliphatic hydroxyl groups excluding tert-OH is 1. The van der Waals surface area contributed by atoms with E-state index in [-0.39, 0.29) is 6.61 Å². The summed E-state index contributed by atoms with van der Waals surface area (Å²) in [5, 5.41) is 12.9. The maximum absolute atomic E-state index is 9.69. The number of nitrogens with one attached hydrogen (secondary N) is 1. The second-order valence-corrected chi connectivity index (χ2v) is 5.18. The third-order valence-electron chi connectivity index (χ3n) is 2.96. The molecule has 1 aromatic heterocycles. The molecule has 6 nitrogen and oxygen atoms in total. The summed E-state index contributed by atoms with van der Waals surface area (Å²) in [6.07, 6.45) is 3.69. The van der Waals surface area contributed by atoms with E-state index in [4.69, 9.17) is 4.74 Å². The normalized spacial score (nSPS) is 17.1. The van der Waals surface area contributed by atoms with E-state index in [1.54, 1.807) is 6.20 Å². The summed E-state index contributed by atoms with van der Waals surface area (Å²) in [5.74, 6) is 0.479. The lowest BCUT2D eigenvalue weighted by Crippen LogP contribution is -2.36. The molecule has 0 saturated heterocycles.